The number of halogens is 2. The fourth-order valence-electron chi connectivity index (χ4n) is 4.31. The first-order chi connectivity index (χ1) is 12.9. The van der Waals surface area contributed by atoms with Gasteiger partial charge in [0.05, 0.1) is 0 Å². The van der Waals surface area contributed by atoms with Crippen molar-refractivity contribution in [3.63, 3.8) is 0 Å². The van der Waals surface area contributed by atoms with Gasteiger partial charge in [0.25, 0.3) is 0 Å². The summed E-state index contributed by atoms with van der Waals surface area (Å²) in [6.45, 7) is 10.3. The summed E-state index contributed by atoms with van der Waals surface area (Å²) in [4.78, 5) is 3.90. The Balaban J connectivity index is 0.00000225. The second-order valence-corrected chi connectivity index (χ2v) is 9.92. The van der Waals surface area contributed by atoms with E-state index in [1.807, 2.05) is 17.8 Å². The van der Waals surface area contributed by atoms with Crippen LogP contribution in [0.1, 0.15) is 50.3 Å². The quantitative estimate of drug-likeness (QED) is 0.502. The highest BCUT2D eigenvalue weighted by molar-refractivity contribution is 7.98. The number of rotatable bonds is 1. The van der Waals surface area contributed by atoms with Crippen LogP contribution in [-0.2, 0) is 5.75 Å². The molecular formula is C24H29ClFNS. The molecule has 4 rings (SSSR count). The molecule has 28 heavy (non-hydrogen) atoms. The average molecular weight is 418 g/mol. The molecule has 0 spiro atoms. The van der Waals surface area contributed by atoms with Gasteiger partial charge in [-0.25, -0.2) is 4.39 Å². The zero-order chi connectivity index (χ0) is 19.0. The maximum Gasteiger partial charge on any atom is 0.123 e. The Labute approximate surface area is 178 Å². The molecule has 2 aliphatic heterocycles. The fraction of sp³-hybridized carbons (Fsp3) is 0.417. The van der Waals surface area contributed by atoms with E-state index in [2.05, 4.69) is 49.9 Å². The summed E-state index contributed by atoms with van der Waals surface area (Å²) in [5.74, 6) is 0.696. The molecule has 0 atom stereocenters. The minimum absolute atomic E-state index is 0. The maximum atomic E-state index is 13.9. The van der Waals surface area contributed by atoms with Crippen molar-refractivity contribution in [2.24, 2.45) is 5.41 Å². The number of thioether (sulfide) groups is 1. The lowest BCUT2D eigenvalue weighted by molar-refractivity contribution is 0.181. The van der Waals surface area contributed by atoms with Crippen LogP contribution in [0, 0.1) is 11.2 Å². The molecule has 0 aromatic heterocycles. The summed E-state index contributed by atoms with van der Waals surface area (Å²) in [5, 5.41) is 0. The van der Waals surface area contributed by atoms with Gasteiger partial charge >= 0.3 is 0 Å². The van der Waals surface area contributed by atoms with Gasteiger partial charge in [-0.2, -0.15) is 0 Å². The van der Waals surface area contributed by atoms with Crippen molar-refractivity contribution < 1.29 is 4.39 Å². The number of hydrogen-bond donors (Lipinski definition) is 0. The van der Waals surface area contributed by atoms with Crippen molar-refractivity contribution in [3.8, 4) is 0 Å². The van der Waals surface area contributed by atoms with Gasteiger partial charge in [-0.1, -0.05) is 50.6 Å². The SMILES string of the molecule is CC(C)(C)CN1CCC(=C2c3ccc(F)cc3CSc3ccccc32)CC1.Cl. The highest BCUT2D eigenvalue weighted by atomic mass is 35.5. The summed E-state index contributed by atoms with van der Waals surface area (Å²) < 4.78 is 13.9. The van der Waals surface area contributed by atoms with Crippen LogP contribution in [0.5, 0.6) is 0 Å². The van der Waals surface area contributed by atoms with Gasteiger partial charge in [-0.3, -0.25) is 0 Å². The van der Waals surface area contributed by atoms with Crippen LogP contribution in [0.4, 0.5) is 4.39 Å². The lowest BCUT2D eigenvalue weighted by Gasteiger charge is -2.34. The molecule has 0 radical (unpaired) electrons. The molecule has 150 valence electrons. The summed E-state index contributed by atoms with van der Waals surface area (Å²) in [7, 11) is 0. The van der Waals surface area contributed by atoms with E-state index < -0.39 is 0 Å². The van der Waals surface area contributed by atoms with E-state index in [0.717, 1.165) is 43.8 Å². The predicted octanol–water partition coefficient (Wildman–Crippen LogP) is 6.80. The third-order valence-electron chi connectivity index (χ3n) is 5.39. The lowest BCUT2D eigenvalue weighted by Crippen LogP contribution is -2.37. The fourth-order valence-corrected chi connectivity index (χ4v) is 5.36. The Bertz CT molecular complexity index is 874. The number of hydrogen-bond acceptors (Lipinski definition) is 2. The highest BCUT2D eigenvalue weighted by Gasteiger charge is 2.25. The van der Waals surface area contributed by atoms with Crippen LogP contribution in [-0.4, -0.2) is 24.5 Å². The second kappa shape index (κ2) is 8.61. The number of nitrogens with zero attached hydrogens (tertiary/aromatic N) is 1. The maximum absolute atomic E-state index is 13.9. The number of benzene rings is 2. The Morgan fingerprint density at radius 1 is 1.00 bits per heavy atom. The van der Waals surface area contributed by atoms with Gasteiger partial charge in [-0.05, 0) is 58.7 Å². The first-order valence-electron chi connectivity index (χ1n) is 9.86. The topological polar surface area (TPSA) is 3.24 Å². The van der Waals surface area contributed by atoms with Crippen molar-refractivity contribution in [1.82, 2.24) is 4.90 Å². The average Bonchev–Trinajstić information content (AvgIpc) is 2.78. The molecule has 1 fully saturated rings. The monoisotopic (exact) mass is 417 g/mol. The van der Waals surface area contributed by atoms with Crippen LogP contribution >= 0.6 is 24.2 Å². The van der Waals surface area contributed by atoms with E-state index in [-0.39, 0.29) is 18.2 Å². The summed E-state index contributed by atoms with van der Waals surface area (Å²) in [6, 6.07) is 14.0. The van der Waals surface area contributed by atoms with Crippen molar-refractivity contribution in [1.29, 1.82) is 0 Å². The van der Waals surface area contributed by atoms with Gasteiger partial charge in [0.2, 0.25) is 0 Å². The van der Waals surface area contributed by atoms with E-state index in [9.17, 15) is 4.39 Å². The molecule has 2 heterocycles. The van der Waals surface area contributed by atoms with E-state index in [1.54, 1.807) is 12.1 Å². The third kappa shape index (κ3) is 4.64. The van der Waals surface area contributed by atoms with Crippen molar-refractivity contribution >= 4 is 29.7 Å². The van der Waals surface area contributed by atoms with Gasteiger partial charge < -0.3 is 4.90 Å². The smallest absolute Gasteiger partial charge is 0.123 e. The third-order valence-corrected chi connectivity index (χ3v) is 6.51. The van der Waals surface area contributed by atoms with Gasteiger partial charge in [-0.15, -0.1) is 24.2 Å². The minimum atomic E-state index is -0.135. The van der Waals surface area contributed by atoms with Crippen molar-refractivity contribution in [2.45, 2.75) is 44.3 Å². The predicted molar refractivity (Wildman–Crippen MR) is 121 cm³/mol. The Hall–Kier alpha value is -1.29. The van der Waals surface area contributed by atoms with Crippen LogP contribution in [0.25, 0.3) is 5.57 Å². The molecule has 0 aliphatic carbocycles. The van der Waals surface area contributed by atoms with E-state index in [0.29, 0.717) is 5.41 Å². The number of piperidine rings is 1. The van der Waals surface area contributed by atoms with Gasteiger partial charge in [0, 0.05) is 30.3 Å². The lowest BCUT2D eigenvalue weighted by atomic mass is 9.86. The van der Waals surface area contributed by atoms with Crippen LogP contribution in [0.15, 0.2) is 52.9 Å². The Morgan fingerprint density at radius 3 is 2.43 bits per heavy atom. The standard InChI is InChI=1S/C24H28FNS.ClH/c1-24(2,3)16-26-12-10-17(11-13-26)23-20-9-8-19(25)14-18(20)15-27-22-7-5-4-6-21(22)23;/h4-9,14H,10-13,15-16H2,1-3H3;1H. The molecule has 4 heteroatoms. The molecule has 1 nitrogen and oxygen atoms in total. The molecule has 0 unspecified atom stereocenters. The number of likely N-dealkylation sites (tertiary alicyclic amines) is 1. The molecule has 0 saturated carbocycles. The normalized spacial score (nSPS) is 17.4. The Morgan fingerprint density at radius 2 is 1.71 bits per heavy atom. The van der Waals surface area contributed by atoms with E-state index in [1.165, 1.54) is 27.2 Å². The molecular weight excluding hydrogens is 389 g/mol. The summed E-state index contributed by atoms with van der Waals surface area (Å²) in [5.41, 5.74) is 6.90. The Kier molecular flexibility index (Phi) is 6.58. The van der Waals surface area contributed by atoms with Crippen LogP contribution in [0.2, 0.25) is 0 Å². The summed E-state index contributed by atoms with van der Waals surface area (Å²) >= 11 is 1.83. The molecule has 2 aliphatic rings. The van der Waals surface area contributed by atoms with E-state index in [4.69, 9.17) is 0 Å². The molecule has 2 aromatic rings. The zero-order valence-corrected chi connectivity index (χ0v) is 18.6. The molecule has 0 N–H and O–H groups in total. The first kappa shape index (κ1) is 21.4. The van der Waals surface area contributed by atoms with Crippen molar-refractivity contribution in [2.75, 3.05) is 19.6 Å². The molecule has 2 aromatic carbocycles. The zero-order valence-electron chi connectivity index (χ0n) is 16.9. The van der Waals surface area contributed by atoms with Gasteiger partial charge in [0.1, 0.15) is 5.82 Å². The van der Waals surface area contributed by atoms with Crippen LogP contribution < -0.4 is 0 Å². The molecule has 0 amide bonds. The van der Waals surface area contributed by atoms with Gasteiger partial charge in [0.15, 0.2) is 0 Å². The largest absolute Gasteiger partial charge is 0.302 e. The highest BCUT2D eigenvalue weighted by Crippen LogP contribution is 2.43. The second-order valence-electron chi connectivity index (χ2n) is 8.90. The minimum Gasteiger partial charge on any atom is -0.302 e. The number of fused-ring (bicyclic) bond motifs is 2. The van der Waals surface area contributed by atoms with Crippen LogP contribution in [0.3, 0.4) is 0 Å². The molecule has 1 saturated heterocycles. The summed E-state index contributed by atoms with van der Waals surface area (Å²) in [6.07, 6.45) is 2.20. The first-order valence-corrected chi connectivity index (χ1v) is 10.8. The van der Waals surface area contributed by atoms with E-state index >= 15 is 0 Å². The molecule has 0 bridgehead atoms. The van der Waals surface area contributed by atoms with Crippen molar-refractivity contribution in [3.05, 3.63) is 70.5 Å².